The van der Waals surface area contributed by atoms with Crippen LogP contribution in [0.15, 0.2) is 61.1 Å². The van der Waals surface area contributed by atoms with E-state index in [1.807, 2.05) is 59.4 Å². The van der Waals surface area contributed by atoms with E-state index in [2.05, 4.69) is 5.10 Å². The van der Waals surface area contributed by atoms with Gasteiger partial charge in [0.05, 0.1) is 17.8 Å². The maximum absolute atomic E-state index is 13.2. The van der Waals surface area contributed by atoms with Gasteiger partial charge in [0.15, 0.2) is 5.82 Å². The Labute approximate surface area is 156 Å². The zero-order valence-corrected chi connectivity index (χ0v) is 14.7. The summed E-state index contributed by atoms with van der Waals surface area (Å²) < 4.78 is 3.58. The van der Waals surface area contributed by atoms with Gasteiger partial charge in [0, 0.05) is 25.5 Å². The van der Waals surface area contributed by atoms with Crippen molar-refractivity contribution in [3.8, 4) is 11.5 Å². The van der Waals surface area contributed by atoms with Gasteiger partial charge in [-0.1, -0.05) is 18.2 Å². The van der Waals surface area contributed by atoms with Gasteiger partial charge in [-0.3, -0.25) is 9.59 Å². The summed E-state index contributed by atoms with van der Waals surface area (Å²) >= 11 is 0. The minimum absolute atomic E-state index is 0.188. The van der Waals surface area contributed by atoms with Crippen LogP contribution in [0.4, 0.5) is 0 Å². The van der Waals surface area contributed by atoms with Gasteiger partial charge in [-0.05, 0) is 37.1 Å². The lowest BCUT2D eigenvalue weighted by atomic mass is 9.98. The number of carboxylic acids is 1. The van der Waals surface area contributed by atoms with Crippen LogP contribution in [0, 0.1) is 5.92 Å². The SMILES string of the molecule is O=C(O)[C@@H]1CCCN(C(=O)c2cnn(-c3ccccc3)c2-n2cccc2)C1. The maximum atomic E-state index is 13.2. The van der Waals surface area contributed by atoms with Gasteiger partial charge >= 0.3 is 5.97 Å². The number of likely N-dealkylation sites (tertiary alicyclic amines) is 1. The molecule has 0 bridgehead atoms. The van der Waals surface area contributed by atoms with Gasteiger partial charge < -0.3 is 14.6 Å². The van der Waals surface area contributed by atoms with Crippen LogP contribution in [0.1, 0.15) is 23.2 Å². The molecule has 0 spiro atoms. The third-order valence-corrected chi connectivity index (χ3v) is 4.88. The second-order valence-electron chi connectivity index (χ2n) is 6.65. The molecule has 0 unspecified atom stereocenters. The molecule has 1 atom stereocenters. The highest BCUT2D eigenvalue weighted by Crippen LogP contribution is 2.24. The predicted octanol–water partition coefficient (Wildman–Crippen LogP) is 2.60. The number of benzene rings is 1. The van der Waals surface area contributed by atoms with Gasteiger partial charge in [0.1, 0.15) is 5.56 Å². The van der Waals surface area contributed by atoms with Crippen LogP contribution in [0.5, 0.6) is 0 Å². The lowest BCUT2D eigenvalue weighted by Gasteiger charge is -2.30. The van der Waals surface area contributed by atoms with Gasteiger partial charge in [0.2, 0.25) is 0 Å². The number of hydrogen-bond acceptors (Lipinski definition) is 3. The van der Waals surface area contributed by atoms with Crippen molar-refractivity contribution >= 4 is 11.9 Å². The summed E-state index contributed by atoms with van der Waals surface area (Å²) in [6.45, 7) is 0.792. The molecule has 1 N–H and O–H groups in total. The first-order valence-corrected chi connectivity index (χ1v) is 8.94. The molecule has 0 radical (unpaired) electrons. The van der Waals surface area contributed by atoms with Crippen molar-refractivity contribution < 1.29 is 14.7 Å². The van der Waals surface area contributed by atoms with Gasteiger partial charge in [0.25, 0.3) is 5.91 Å². The highest BCUT2D eigenvalue weighted by atomic mass is 16.4. The van der Waals surface area contributed by atoms with E-state index in [1.54, 1.807) is 15.8 Å². The molecule has 27 heavy (non-hydrogen) atoms. The molecule has 4 rings (SSSR count). The van der Waals surface area contributed by atoms with Crippen LogP contribution in [0.25, 0.3) is 11.5 Å². The lowest BCUT2D eigenvalue weighted by molar-refractivity contribution is -0.143. The van der Waals surface area contributed by atoms with E-state index in [4.69, 9.17) is 0 Å². The van der Waals surface area contributed by atoms with Crippen LogP contribution in [0.2, 0.25) is 0 Å². The number of rotatable bonds is 4. The molecule has 1 fully saturated rings. The number of carboxylic acid groups (broad SMARTS) is 1. The van der Waals surface area contributed by atoms with Crippen LogP contribution >= 0.6 is 0 Å². The fourth-order valence-corrected chi connectivity index (χ4v) is 3.51. The van der Waals surface area contributed by atoms with Crippen molar-refractivity contribution in [3.05, 3.63) is 66.6 Å². The smallest absolute Gasteiger partial charge is 0.308 e. The molecule has 1 aliphatic rings. The molecule has 0 aliphatic carbocycles. The maximum Gasteiger partial charge on any atom is 0.308 e. The summed E-state index contributed by atoms with van der Waals surface area (Å²) in [5.74, 6) is -0.902. The lowest BCUT2D eigenvalue weighted by Crippen LogP contribution is -2.42. The van der Waals surface area contributed by atoms with E-state index < -0.39 is 11.9 Å². The van der Waals surface area contributed by atoms with E-state index in [9.17, 15) is 14.7 Å². The minimum atomic E-state index is -0.849. The molecule has 1 aromatic carbocycles. The third-order valence-electron chi connectivity index (χ3n) is 4.88. The summed E-state index contributed by atoms with van der Waals surface area (Å²) in [4.78, 5) is 26.2. The molecule has 3 aromatic rings. The fourth-order valence-electron chi connectivity index (χ4n) is 3.51. The Morgan fingerprint density at radius 3 is 2.52 bits per heavy atom. The Hall–Kier alpha value is -3.35. The number of aliphatic carboxylic acids is 1. The Morgan fingerprint density at radius 2 is 1.81 bits per heavy atom. The second kappa shape index (κ2) is 7.11. The first kappa shape index (κ1) is 17.1. The number of carbonyl (C=O) groups is 2. The van der Waals surface area contributed by atoms with E-state index in [0.717, 1.165) is 5.69 Å². The fraction of sp³-hybridized carbons (Fsp3) is 0.250. The molecule has 1 saturated heterocycles. The number of hydrogen-bond donors (Lipinski definition) is 1. The van der Waals surface area contributed by atoms with Crippen molar-refractivity contribution in [3.63, 3.8) is 0 Å². The Kier molecular flexibility index (Phi) is 4.50. The quantitative estimate of drug-likeness (QED) is 0.772. The Morgan fingerprint density at radius 1 is 1.07 bits per heavy atom. The molecule has 7 heteroatoms. The summed E-state index contributed by atoms with van der Waals surface area (Å²) in [5, 5.41) is 13.8. The number of carbonyl (C=O) groups excluding carboxylic acids is 1. The van der Waals surface area contributed by atoms with Crippen LogP contribution in [0.3, 0.4) is 0 Å². The molecule has 138 valence electrons. The van der Waals surface area contributed by atoms with E-state index >= 15 is 0 Å². The molecule has 1 aliphatic heterocycles. The highest BCUT2D eigenvalue weighted by Gasteiger charge is 2.31. The van der Waals surface area contributed by atoms with Crippen LogP contribution < -0.4 is 0 Å². The second-order valence-corrected chi connectivity index (χ2v) is 6.65. The van der Waals surface area contributed by atoms with Crippen molar-refractivity contribution in [2.24, 2.45) is 5.92 Å². The first-order chi connectivity index (χ1) is 13.1. The highest BCUT2D eigenvalue weighted by molar-refractivity contribution is 5.97. The molecule has 3 heterocycles. The Balaban J connectivity index is 1.74. The molecule has 2 aromatic heterocycles. The summed E-state index contributed by atoms with van der Waals surface area (Å²) in [7, 11) is 0. The average Bonchev–Trinajstić information content (AvgIpc) is 3.37. The van der Waals surface area contributed by atoms with Gasteiger partial charge in [-0.25, -0.2) is 4.68 Å². The Bertz CT molecular complexity index is 947. The van der Waals surface area contributed by atoms with Gasteiger partial charge in [-0.2, -0.15) is 5.10 Å². The molecule has 1 amide bonds. The van der Waals surface area contributed by atoms with Crippen molar-refractivity contribution in [1.82, 2.24) is 19.2 Å². The number of amides is 1. The molecule has 0 saturated carbocycles. The summed E-state index contributed by atoms with van der Waals surface area (Å²) in [6.07, 6.45) is 6.59. The van der Waals surface area contributed by atoms with Crippen LogP contribution in [-0.4, -0.2) is 49.3 Å². The number of nitrogens with zero attached hydrogens (tertiary/aromatic N) is 4. The summed E-state index contributed by atoms with van der Waals surface area (Å²) in [6, 6.07) is 13.4. The largest absolute Gasteiger partial charge is 0.481 e. The normalized spacial score (nSPS) is 17.0. The van der Waals surface area contributed by atoms with E-state index in [1.165, 1.54) is 0 Å². The first-order valence-electron chi connectivity index (χ1n) is 8.94. The number of aromatic nitrogens is 3. The molecular formula is C20H20N4O3. The monoisotopic (exact) mass is 364 g/mol. The third kappa shape index (κ3) is 3.23. The zero-order chi connectivity index (χ0) is 18.8. The standard InChI is InChI=1S/C20H20N4O3/c25-19(23-12-6-7-15(14-23)20(26)27)17-13-21-24(16-8-2-1-3-9-16)18(17)22-10-4-5-11-22/h1-5,8-11,13,15H,6-7,12,14H2,(H,26,27)/t15-/m1/s1. The van der Waals surface area contributed by atoms with E-state index in [-0.39, 0.29) is 12.5 Å². The minimum Gasteiger partial charge on any atom is -0.481 e. The topological polar surface area (TPSA) is 80.4 Å². The molecular weight excluding hydrogens is 344 g/mol. The average molecular weight is 364 g/mol. The van der Waals surface area contributed by atoms with Crippen LogP contribution in [-0.2, 0) is 4.79 Å². The van der Waals surface area contributed by atoms with Crippen molar-refractivity contribution in [1.29, 1.82) is 0 Å². The number of para-hydroxylation sites is 1. The van der Waals surface area contributed by atoms with Crippen molar-refractivity contribution in [2.75, 3.05) is 13.1 Å². The van der Waals surface area contributed by atoms with Gasteiger partial charge in [-0.15, -0.1) is 0 Å². The van der Waals surface area contributed by atoms with Crippen molar-refractivity contribution in [2.45, 2.75) is 12.8 Å². The number of piperidine rings is 1. The van der Waals surface area contributed by atoms with E-state index in [0.29, 0.717) is 30.8 Å². The predicted molar refractivity (Wildman–Crippen MR) is 99.2 cm³/mol. The zero-order valence-electron chi connectivity index (χ0n) is 14.7. The summed E-state index contributed by atoms with van der Waals surface area (Å²) in [5.41, 5.74) is 1.31. The molecule has 7 nitrogen and oxygen atoms in total.